The van der Waals surface area contributed by atoms with Crippen molar-refractivity contribution in [3.8, 4) is 0 Å². The first kappa shape index (κ1) is 13.7. The molecule has 0 saturated heterocycles. The molecule has 0 bridgehead atoms. The number of non-ortho nitro benzene ring substituents is 1. The maximum Gasteiger partial charge on any atom is 0.328 e. The van der Waals surface area contributed by atoms with Crippen molar-refractivity contribution in [2.24, 2.45) is 0 Å². The Morgan fingerprint density at radius 3 is 2.70 bits per heavy atom. The zero-order chi connectivity index (χ0) is 14.9. The van der Waals surface area contributed by atoms with Crippen molar-refractivity contribution in [2.75, 3.05) is 5.32 Å². The molecule has 1 aromatic carbocycles. The van der Waals surface area contributed by atoms with Gasteiger partial charge in [0.25, 0.3) is 5.69 Å². The monoisotopic (exact) mass is 276 g/mol. The van der Waals surface area contributed by atoms with Gasteiger partial charge in [0, 0.05) is 17.5 Å². The molecule has 1 heterocycles. The summed E-state index contributed by atoms with van der Waals surface area (Å²) in [4.78, 5) is 29.4. The number of anilines is 1. The highest BCUT2D eigenvalue weighted by Gasteiger charge is 2.28. The van der Waals surface area contributed by atoms with Crippen LogP contribution < -0.4 is 5.32 Å². The van der Waals surface area contributed by atoms with E-state index in [-0.39, 0.29) is 11.5 Å². The average Bonchev–Trinajstić information content (AvgIpc) is 2.38. The molecule has 2 aromatic rings. The molecule has 0 aliphatic rings. The Balaban J connectivity index is 2.55. The number of nitro benzene ring substituents is 1. The van der Waals surface area contributed by atoms with Crippen molar-refractivity contribution < 1.29 is 14.8 Å². The summed E-state index contributed by atoms with van der Waals surface area (Å²) in [7, 11) is 0. The molecule has 0 aliphatic carbocycles. The third-order valence-electron chi connectivity index (χ3n) is 2.80. The fourth-order valence-electron chi connectivity index (χ4n) is 1.61. The molecule has 0 unspecified atom stereocenters. The lowest BCUT2D eigenvalue weighted by Crippen LogP contribution is -2.40. The predicted molar refractivity (Wildman–Crippen MR) is 71.5 cm³/mol. The minimum Gasteiger partial charge on any atom is -0.480 e. The number of aliphatic carboxylic acids is 1. The zero-order valence-electron chi connectivity index (χ0n) is 10.8. The van der Waals surface area contributed by atoms with Crippen LogP contribution in [0.4, 0.5) is 11.5 Å². The summed E-state index contributed by atoms with van der Waals surface area (Å²) in [6, 6.07) is 4.14. The number of nitro groups is 1. The molecule has 0 spiro atoms. The van der Waals surface area contributed by atoms with Crippen LogP contribution in [0.15, 0.2) is 24.5 Å². The fourth-order valence-corrected chi connectivity index (χ4v) is 1.61. The molecule has 8 nitrogen and oxygen atoms in total. The third kappa shape index (κ3) is 2.48. The van der Waals surface area contributed by atoms with Gasteiger partial charge in [-0.25, -0.2) is 14.8 Å². The van der Waals surface area contributed by atoms with Gasteiger partial charge < -0.3 is 10.4 Å². The van der Waals surface area contributed by atoms with Gasteiger partial charge >= 0.3 is 5.97 Å². The van der Waals surface area contributed by atoms with Crippen LogP contribution in [0.5, 0.6) is 0 Å². The van der Waals surface area contributed by atoms with Gasteiger partial charge in [0.15, 0.2) is 0 Å². The number of benzene rings is 1. The fraction of sp³-hybridized carbons (Fsp3) is 0.250. The third-order valence-corrected chi connectivity index (χ3v) is 2.80. The molecule has 0 saturated carbocycles. The van der Waals surface area contributed by atoms with Crippen LogP contribution in [-0.4, -0.2) is 31.5 Å². The van der Waals surface area contributed by atoms with Crippen LogP contribution in [-0.2, 0) is 4.79 Å². The number of aromatic nitrogens is 2. The van der Waals surface area contributed by atoms with Crippen LogP contribution in [0.2, 0.25) is 0 Å². The Morgan fingerprint density at radius 1 is 1.40 bits per heavy atom. The van der Waals surface area contributed by atoms with Gasteiger partial charge in [0.1, 0.15) is 17.7 Å². The number of carboxylic acids is 1. The van der Waals surface area contributed by atoms with Crippen LogP contribution >= 0.6 is 0 Å². The molecular weight excluding hydrogens is 264 g/mol. The lowest BCUT2D eigenvalue weighted by atomic mass is 10.1. The summed E-state index contributed by atoms with van der Waals surface area (Å²) in [5.41, 5.74) is -0.871. The van der Waals surface area contributed by atoms with Gasteiger partial charge in [0.2, 0.25) is 0 Å². The lowest BCUT2D eigenvalue weighted by Gasteiger charge is -2.22. The topological polar surface area (TPSA) is 118 Å². The second-order valence-corrected chi connectivity index (χ2v) is 4.74. The SMILES string of the molecule is CC(C)(Nc1ncnc2ccc([N+](=O)[O-])cc12)C(=O)O. The van der Waals surface area contributed by atoms with Gasteiger partial charge in [-0.15, -0.1) is 0 Å². The van der Waals surface area contributed by atoms with Crippen LogP contribution in [0, 0.1) is 10.1 Å². The maximum atomic E-state index is 11.1. The summed E-state index contributed by atoms with van der Waals surface area (Å²) in [5, 5.41) is 23.1. The molecule has 2 rings (SSSR count). The normalized spacial score (nSPS) is 11.3. The van der Waals surface area contributed by atoms with E-state index in [0.717, 1.165) is 0 Å². The van der Waals surface area contributed by atoms with Crippen LogP contribution in [0.3, 0.4) is 0 Å². The van der Waals surface area contributed by atoms with Gasteiger partial charge in [-0.1, -0.05) is 0 Å². The van der Waals surface area contributed by atoms with Gasteiger partial charge in [-0.05, 0) is 19.9 Å². The highest BCUT2D eigenvalue weighted by Crippen LogP contribution is 2.26. The smallest absolute Gasteiger partial charge is 0.328 e. The molecule has 0 atom stereocenters. The van der Waals surface area contributed by atoms with E-state index in [9.17, 15) is 14.9 Å². The Kier molecular flexibility index (Phi) is 3.23. The van der Waals surface area contributed by atoms with E-state index >= 15 is 0 Å². The van der Waals surface area contributed by atoms with E-state index in [1.165, 1.54) is 38.4 Å². The molecule has 0 aliphatic heterocycles. The minimum atomic E-state index is -1.26. The van der Waals surface area contributed by atoms with Crippen molar-refractivity contribution in [2.45, 2.75) is 19.4 Å². The number of carbonyl (C=O) groups is 1. The van der Waals surface area contributed by atoms with E-state index in [1.54, 1.807) is 0 Å². The predicted octanol–water partition coefficient (Wildman–Crippen LogP) is 1.81. The molecule has 2 N–H and O–H groups in total. The van der Waals surface area contributed by atoms with E-state index in [0.29, 0.717) is 10.9 Å². The first-order valence-corrected chi connectivity index (χ1v) is 5.72. The van der Waals surface area contributed by atoms with E-state index in [2.05, 4.69) is 15.3 Å². The highest BCUT2D eigenvalue weighted by molar-refractivity contribution is 5.93. The number of carboxylic acid groups (broad SMARTS) is 1. The number of nitrogens with zero attached hydrogens (tertiary/aromatic N) is 3. The molecule has 1 aromatic heterocycles. The molecule has 0 fully saturated rings. The molecule has 104 valence electrons. The maximum absolute atomic E-state index is 11.1. The van der Waals surface area contributed by atoms with Crippen molar-refractivity contribution in [3.05, 3.63) is 34.6 Å². The van der Waals surface area contributed by atoms with Crippen molar-refractivity contribution in [1.29, 1.82) is 0 Å². The van der Waals surface area contributed by atoms with Crippen molar-refractivity contribution in [1.82, 2.24) is 9.97 Å². The Morgan fingerprint density at radius 2 is 2.10 bits per heavy atom. The number of hydrogen-bond donors (Lipinski definition) is 2. The summed E-state index contributed by atoms with van der Waals surface area (Å²) in [6.45, 7) is 2.95. The largest absolute Gasteiger partial charge is 0.480 e. The number of rotatable bonds is 4. The highest BCUT2D eigenvalue weighted by atomic mass is 16.6. The van der Waals surface area contributed by atoms with Gasteiger partial charge in [-0.3, -0.25) is 10.1 Å². The second kappa shape index (κ2) is 4.72. The Labute approximate surface area is 113 Å². The first-order chi connectivity index (χ1) is 9.31. The zero-order valence-corrected chi connectivity index (χ0v) is 10.8. The second-order valence-electron chi connectivity index (χ2n) is 4.74. The van der Waals surface area contributed by atoms with Crippen molar-refractivity contribution >= 4 is 28.4 Å². The van der Waals surface area contributed by atoms with Crippen LogP contribution in [0.25, 0.3) is 10.9 Å². The van der Waals surface area contributed by atoms with Crippen LogP contribution in [0.1, 0.15) is 13.8 Å². The lowest BCUT2D eigenvalue weighted by molar-refractivity contribution is -0.384. The summed E-state index contributed by atoms with van der Waals surface area (Å²) < 4.78 is 0. The first-order valence-electron chi connectivity index (χ1n) is 5.72. The van der Waals surface area contributed by atoms with E-state index in [1.807, 2.05) is 0 Å². The summed E-state index contributed by atoms with van der Waals surface area (Å²) in [6.07, 6.45) is 1.27. The summed E-state index contributed by atoms with van der Waals surface area (Å²) >= 11 is 0. The number of fused-ring (bicyclic) bond motifs is 1. The molecule has 20 heavy (non-hydrogen) atoms. The van der Waals surface area contributed by atoms with Gasteiger partial charge in [0.05, 0.1) is 10.4 Å². The van der Waals surface area contributed by atoms with Crippen molar-refractivity contribution in [3.63, 3.8) is 0 Å². The quantitative estimate of drug-likeness (QED) is 0.645. The average molecular weight is 276 g/mol. The Bertz CT molecular complexity index is 699. The standard InChI is InChI=1S/C12H12N4O4/c1-12(2,11(17)18)15-10-8-5-7(16(19)20)3-4-9(8)13-6-14-10/h3-6H,1-2H3,(H,17,18)(H,13,14,15). The number of hydrogen-bond acceptors (Lipinski definition) is 6. The molecule has 8 heteroatoms. The Hall–Kier alpha value is -2.77. The molecule has 0 radical (unpaired) electrons. The van der Waals surface area contributed by atoms with Gasteiger partial charge in [-0.2, -0.15) is 0 Å². The minimum absolute atomic E-state index is 0.108. The summed E-state index contributed by atoms with van der Waals surface area (Å²) in [5.74, 6) is -0.819. The number of nitrogens with one attached hydrogen (secondary N) is 1. The molecular formula is C12H12N4O4. The van der Waals surface area contributed by atoms with E-state index < -0.39 is 16.4 Å². The molecule has 0 amide bonds. The van der Waals surface area contributed by atoms with E-state index in [4.69, 9.17) is 5.11 Å².